The van der Waals surface area contributed by atoms with Crippen LogP contribution in [0.5, 0.6) is 5.75 Å². The smallest absolute Gasteiger partial charge is 0.350 e. The van der Waals surface area contributed by atoms with Crippen LogP contribution in [0.25, 0.3) is 10.9 Å². The van der Waals surface area contributed by atoms with E-state index in [-0.39, 0.29) is 17.9 Å². The van der Waals surface area contributed by atoms with Gasteiger partial charge in [-0.3, -0.25) is 0 Å². The van der Waals surface area contributed by atoms with Crippen molar-refractivity contribution in [1.82, 2.24) is 4.57 Å². The molecule has 118 valence electrons. The average Bonchev–Trinajstić information content (AvgIpc) is 2.99. The van der Waals surface area contributed by atoms with Crippen LogP contribution in [0.2, 0.25) is 0 Å². The molecule has 3 aromatic rings. The van der Waals surface area contributed by atoms with Gasteiger partial charge in [0.05, 0.1) is 19.2 Å². The monoisotopic (exact) mass is 313 g/mol. The number of fused-ring (bicyclic) bond motifs is 1. The first kappa shape index (κ1) is 15.1. The number of carbonyl (C=O) groups excluding carboxylic acids is 1. The number of esters is 1. The summed E-state index contributed by atoms with van der Waals surface area (Å²) in [4.78, 5) is 12.1. The van der Waals surface area contributed by atoms with Gasteiger partial charge in [0.25, 0.3) is 0 Å². The average molecular weight is 313 g/mol. The van der Waals surface area contributed by atoms with E-state index in [4.69, 9.17) is 0 Å². The van der Waals surface area contributed by atoms with Crippen molar-refractivity contribution in [3.05, 3.63) is 66.4 Å². The number of nitrogens with zero attached hydrogens (tertiary/aromatic N) is 1. The van der Waals surface area contributed by atoms with Crippen LogP contribution in [-0.2, 0) is 21.7 Å². The molecule has 2 aromatic carbocycles. The molecule has 4 nitrogen and oxygen atoms in total. The molecule has 0 fully saturated rings. The molecule has 0 aliphatic carbocycles. The van der Waals surface area contributed by atoms with Crippen molar-refractivity contribution < 1.29 is 19.0 Å². The second kappa shape index (κ2) is 5.76. The highest BCUT2D eigenvalue weighted by Gasteiger charge is 2.42. The molecule has 0 aliphatic rings. The lowest BCUT2D eigenvalue weighted by molar-refractivity contribution is -0.156. The van der Waals surface area contributed by atoms with Gasteiger partial charge in [0.15, 0.2) is 0 Å². The van der Waals surface area contributed by atoms with Gasteiger partial charge in [0.1, 0.15) is 5.75 Å². The molecule has 0 amide bonds. The van der Waals surface area contributed by atoms with Crippen molar-refractivity contribution in [2.24, 2.45) is 0 Å². The van der Waals surface area contributed by atoms with E-state index < -0.39 is 11.6 Å². The van der Waals surface area contributed by atoms with Gasteiger partial charge in [0, 0.05) is 17.1 Å². The predicted octanol–water partition coefficient (Wildman–Crippen LogP) is 3.38. The van der Waals surface area contributed by atoms with Crippen LogP contribution in [0.4, 0.5) is 4.39 Å². The second-order valence-electron chi connectivity index (χ2n) is 5.31. The van der Waals surface area contributed by atoms with Crippen LogP contribution in [0.15, 0.2) is 60.8 Å². The lowest BCUT2D eigenvalue weighted by Crippen LogP contribution is -2.36. The lowest BCUT2D eigenvalue weighted by Gasteiger charge is -2.24. The van der Waals surface area contributed by atoms with E-state index in [2.05, 4.69) is 4.74 Å². The second-order valence-corrected chi connectivity index (χ2v) is 5.31. The molecule has 0 spiro atoms. The van der Waals surface area contributed by atoms with Crippen LogP contribution in [0.1, 0.15) is 5.56 Å². The molecule has 1 atom stereocenters. The Morgan fingerprint density at radius 3 is 2.61 bits per heavy atom. The fourth-order valence-corrected chi connectivity index (χ4v) is 2.72. The third-order valence-electron chi connectivity index (χ3n) is 3.92. The first-order valence-corrected chi connectivity index (χ1v) is 7.16. The SMILES string of the molecule is COC(=O)C(F)(Cn1ccc2c(O)cccc21)c1ccccc1. The number of hydrogen-bond donors (Lipinski definition) is 1. The van der Waals surface area contributed by atoms with Crippen molar-refractivity contribution in [3.63, 3.8) is 0 Å². The number of methoxy groups -OCH3 is 1. The molecule has 1 unspecified atom stereocenters. The number of ether oxygens (including phenoxy) is 1. The number of aromatic hydroxyl groups is 1. The van der Waals surface area contributed by atoms with Crippen molar-refractivity contribution in [2.75, 3.05) is 7.11 Å². The molecule has 0 bridgehead atoms. The first-order chi connectivity index (χ1) is 11.1. The summed E-state index contributed by atoms with van der Waals surface area (Å²) in [5.74, 6) is -0.839. The fourth-order valence-electron chi connectivity index (χ4n) is 2.72. The summed E-state index contributed by atoms with van der Waals surface area (Å²) < 4.78 is 21.8. The third kappa shape index (κ3) is 2.54. The maximum absolute atomic E-state index is 15.6. The number of aromatic nitrogens is 1. The van der Waals surface area contributed by atoms with Crippen LogP contribution >= 0.6 is 0 Å². The van der Waals surface area contributed by atoms with Gasteiger partial charge >= 0.3 is 5.97 Å². The summed E-state index contributed by atoms with van der Waals surface area (Å²) in [5, 5.41) is 10.5. The van der Waals surface area contributed by atoms with E-state index in [0.717, 1.165) is 0 Å². The Morgan fingerprint density at radius 1 is 1.17 bits per heavy atom. The zero-order valence-electron chi connectivity index (χ0n) is 12.6. The normalized spacial score (nSPS) is 13.7. The highest BCUT2D eigenvalue weighted by molar-refractivity contribution is 5.87. The molecule has 1 N–H and O–H groups in total. The van der Waals surface area contributed by atoms with E-state index in [1.165, 1.54) is 7.11 Å². The zero-order chi connectivity index (χ0) is 16.4. The number of halogens is 1. The summed E-state index contributed by atoms with van der Waals surface area (Å²) in [7, 11) is 1.17. The zero-order valence-corrected chi connectivity index (χ0v) is 12.6. The summed E-state index contributed by atoms with van der Waals surface area (Å²) in [6, 6.07) is 14.9. The number of phenolic OH excluding ortho intramolecular Hbond substituents is 1. The Morgan fingerprint density at radius 2 is 1.91 bits per heavy atom. The van der Waals surface area contributed by atoms with Crippen molar-refractivity contribution in [1.29, 1.82) is 0 Å². The maximum atomic E-state index is 15.6. The molecule has 0 saturated carbocycles. The van der Waals surface area contributed by atoms with Crippen molar-refractivity contribution in [3.8, 4) is 5.75 Å². The molecule has 0 aliphatic heterocycles. The fraction of sp³-hybridized carbons (Fsp3) is 0.167. The Labute approximate surface area is 132 Å². The van der Waals surface area contributed by atoms with Crippen LogP contribution in [0.3, 0.4) is 0 Å². The molecular weight excluding hydrogens is 297 g/mol. The molecule has 5 heteroatoms. The summed E-state index contributed by atoms with van der Waals surface area (Å²) in [5.41, 5.74) is -1.44. The van der Waals surface area contributed by atoms with Gasteiger partial charge in [0.2, 0.25) is 5.67 Å². The number of carbonyl (C=O) groups is 1. The van der Waals surface area contributed by atoms with E-state index in [1.807, 2.05) is 0 Å². The Bertz CT molecular complexity index is 844. The largest absolute Gasteiger partial charge is 0.507 e. The maximum Gasteiger partial charge on any atom is 0.350 e. The quantitative estimate of drug-likeness (QED) is 0.751. The third-order valence-corrected chi connectivity index (χ3v) is 3.92. The van der Waals surface area contributed by atoms with E-state index in [0.29, 0.717) is 10.9 Å². The molecule has 1 aromatic heterocycles. The van der Waals surface area contributed by atoms with Crippen LogP contribution in [0, 0.1) is 0 Å². The topological polar surface area (TPSA) is 51.5 Å². The molecule has 3 rings (SSSR count). The molecular formula is C18H16FNO3. The molecule has 1 heterocycles. The van der Waals surface area contributed by atoms with Crippen molar-refractivity contribution in [2.45, 2.75) is 12.2 Å². The minimum Gasteiger partial charge on any atom is -0.507 e. The van der Waals surface area contributed by atoms with Gasteiger partial charge in [-0.05, 0) is 18.2 Å². The predicted molar refractivity (Wildman–Crippen MR) is 84.8 cm³/mol. The molecule has 23 heavy (non-hydrogen) atoms. The first-order valence-electron chi connectivity index (χ1n) is 7.16. The molecule has 0 radical (unpaired) electrons. The Hall–Kier alpha value is -2.82. The van der Waals surface area contributed by atoms with Gasteiger partial charge in [-0.2, -0.15) is 0 Å². The standard InChI is InChI=1S/C18H16FNO3/c1-23-17(22)18(19,13-6-3-2-4-7-13)12-20-11-10-14-15(20)8-5-9-16(14)21/h2-11,21H,12H2,1H3. The number of benzene rings is 2. The van der Waals surface area contributed by atoms with E-state index >= 15 is 4.39 Å². The van der Waals surface area contributed by atoms with Crippen LogP contribution in [-0.4, -0.2) is 22.8 Å². The highest BCUT2D eigenvalue weighted by atomic mass is 19.1. The minimum atomic E-state index is -2.31. The lowest BCUT2D eigenvalue weighted by atomic mass is 9.95. The number of phenols is 1. The Kier molecular flexibility index (Phi) is 3.78. The van der Waals surface area contributed by atoms with Gasteiger partial charge in [-0.15, -0.1) is 0 Å². The van der Waals surface area contributed by atoms with Gasteiger partial charge in [-0.25, -0.2) is 9.18 Å². The number of alkyl halides is 1. The minimum absolute atomic E-state index is 0.114. The number of hydrogen-bond acceptors (Lipinski definition) is 3. The van der Waals surface area contributed by atoms with Gasteiger partial charge < -0.3 is 14.4 Å². The summed E-state index contributed by atoms with van der Waals surface area (Å²) in [6.45, 7) is -0.239. The van der Waals surface area contributed by atoms with E-state index in [9.17, 15) is 9.90 Å². The highest BCUT2D eigenvalue weighted by Crippen LogP contribution is 2.33. The van der Waals surface area contributed by atoms with Gasteiger partial charge in [-0.1, -0.05) is 36.4 Å². The summed E-state index contributed by atoms with van der Waals surface area (Å²) >= 11 is 0. The number of rotatable bonds is 4. The Balaban J connectivity index is 2.08. The van der Waals surface area contributed by atoms with E-state index in [1.54, 1.807) is 65.4 Å². The summed E-state index contributed by atoms with van der Waals surface area (Å²) in [6.07, 6.45) is 1.64. The molecule has 0 saturated heterocycles. The van der Waals surface area contributed by atoms with Crippen LogP contribution < -0.4 is 0 Å². The van der Waals surface area contributed by atoms with Crippen molar-refractivity contribution >= 4 is 16.9 Å².